The van der Waals surface area contributed by atoms with Crippen LogP contribution in [0, 0.1) is 5.92 Å². The molecule has 1 aliphatic heterocycles. The summed E-state index contributed by atoms with van der Waals surface area (Å²) >= 11 is 0. The van der Waals surface area contributed by atoms with Crippen molar-refractivity contribution in [2.45, 2.75) is 38.6 Å². The van der Waals surface area contributed by atoms with E-state index in [0.717, 1.165) is 45.1 Å². The van der Waals surface area contributed by atoms with Crippen molar-refractivity contribution >= 4 is 0 Å². The molecule has 1 fully saturated rings. The SMILES string of the molecule is CCC(C)CNCC1(N)CCOCC1. The van der Waals surface area contributed by atoms with Gasteiger partial charge >= 0.3 is 0 Å². The number of hydrogen-bond donors (Lipinski definition) is 2. The van der Waals surface area contributed by atoms with Crippen LogP contribution in [0.5, 0.6) is 0 Å². The third-order valence-electron chi connectivity index (χ3n) is 3.16. The molecule has 84 valence electrons. The average molecular weight is 200 g/mol. The maximum absolute atomic E-state index is 6.24. The third kappa shape index (κ3) is 3.95. The van der Waals surface area contributed by atoms with Crippen molar-refractivity contribution in [3.63, 3.8) is 0 Å². The van der Waals surface area contributed by atoms with E-state index in [1.807, 2.05) is 0 Å². The highest BCUT2D eigenvalue weighted by atomic mass is 16.5. The summed E-state index contributed by atoms with van der Waals surface area (Å²) in [6.07, 6.45) is 3.20. The van der Waals surface area contributed by atoms with Gasteiger partial charge in [0.15, 0.2) is 0 Å². The van der Waals surface area contributed by atoms with E-state index in [4.69, 9.17) is 10.5 Å². The molecule has 1 rings (SSSR count). The Labute approximate surface area is 87.4 Å². The lowest BCUT2D eigenvalue weighted by Crippen LogP contribution is -2.52. The van der Waals surface area contributed by atoms with Crippen molar-refractivity contribution in [3.05, 3.63) is 0 Å². The molecule has 3 nitrogen and oxygen atoms in total. The third-order valence-corrected chi connectivity index (χ3v) is 3.16. The van der Waals surface area contributed by atoms with Crippen LogP contribution in [-0.2, 0) is 4.74 Å². The van der Waals surface area contributed by atoms with Crippen molar-refractivity contribution < 1.29 is 4.74 Å². The molecule has 3 N–H and O–H groups in total. The first-order valence-corrected chi connectivity index (χ1v) is 5.73. The molecule has 0 amide bonds. The Balaban J connectivity index is 2.15. The van der Waals surface area contributed by atoms with Crippen LogP contribution < -0.4 is 11.1 Å². The minimum atomic E-state index is -0.0221. The number of nitrogens with one attached hydrogen (secondary N) is 1. The molecule has 0 aromatic rings. The van der Waals surface area contributed by atoms with Crippen LogP contribution in [0.3, 0.4) is 0 Å². The molecule has 0 aliphatic carbocycles. The lowest BCUT2D eigenvalue weighted by molar-refractivity contribution is 0.0529. The van der Waals surface area contributed by atoms with Crippen molar-refractivity contribution in [2.75, 3.05) is 26.3 Å². The minimum absolute atomic E-state index is 0.0221. The van der Waals surface area contributed by atoms with Crippen molar-refractivity contribution in [1.29, 1.82) is 0 Å². The van der Waals surface area contributed by atoms with Crippen LogP contribution in [0.2, 0.25) is 0 Å². The van der Waals surface area contributed by atoms with Gasteiger partial charge in [-0.1, -0.05) is 20.3 Å². The van der Waals surface area contributed by atoms with Gasteiger partial charge in [0.05, 0.1) is 0 Å². The fraction of sp³-hybridized carbons (Fsp3) is 1.00. The predicted octanol–water partition coefficient (Wildman–Crippen LogP) is 1.13. The number of ether oxygens (including phenoxy) is 1. The van der Waals surface area contributed by atoms with E-state index in [-0.39, 0.29) is 5.54 Å². The van der Waals surface area contributed by atoms with Crippen LogP contribution in [0.25, 0.3) is 0 Å². The zero-order valence-corrected chi connectivity index (χ0v) is 9.51. The van der Waals surface area contributed by atoms with Crippen molar-refractivity contribution in [3.8, 4) is 0 Å². The highest BCUT2D eigenvalue weighted by molar-refractivity contribution is 4.88. The topological polar surface area (TPSA) is 47.3 Å². The average Bonchev–Trinajstić information content (AvgIpc) is 2.18. The Morgan fingerprint density at radius 1 is 1.43 bits per heavy atom. The van der Waals surface area contributed by atoms with Crippen molar-refractivity contribution in [1.82, 2.24) is 5.32 Å². The molecule has 1 heterocycles. The van der Waals surface area contributed by atoms with E-state index in [0.29, 0.717) is 0 Å². The summed E-state index contributed by atoms with van der Waals surface area (Å²) in [5.41, 5.74) is 6.22. The first kappa shape index (κ1) is 12.0. The van der Waals surface area contributed by atoms with E-state index >= 15 is 0 Å². The lowest BCUT2D eigenvalue weighted by Gasteiger charge is -2.33. The Kier molecular flexibility index (Phi) is 4.85. The highest BCUT2D eigenvalue weighted by Gasteiger charge is 2.27. The molecule has 1 saturated heterocycles. The van der Waals surface area contributed by atoms with E-state index < -0.39 is 0 Å². The van der Waals surface area contributed by atoms with Crippen LogP contribution in [0.1, 0.15) is 33.1 Å². The summed E-state index contributed by atoms with van der Waals surface area (Å²) in [4.78, 5) is 0. The molecule has 14 heavy (non-hydrogen) atoms. The first-order valence-electron chi connectivity index (χ1n) is 5.73. The minimum Gasteiger partial charge on any atom is -0.381 e. The number of nitrogens with two attached hydrogens (primary N) is 1. The Morgan fingerprint density at radius 2 is 2.07 bits per heavy atom. The van der Waals surface area contributed by atoms with Gasteiger partial charge in [0, 0.05) is 25.3 Å². The van der Waals surface area contributed by atoms with Gasteiger partial charge in [0.25, 0.3) is 0 Å². The molecule has 1 aliphatic rings. The van der Waals surface area contributed by atoms with E-state index in [1.54, 1.807) is 0 Å². The number of hydrogen-bond acceptors (Lipinski definition) is 3. The lowest BCUT2D eigenvalue weighted by atomic mass is 9.91. The Hall–Kier alpha value is -0.120. The summed E-state index contributed by atoms with van der Waals surface area (Å²) in [6.45, 7) is 8.14. The molecule has 0 saturated carbocycles. The van der Waals surface area contributed by atoms with Crippen LogP contribution in [0.15, 0.2) is 0 Å². The monoisotopic (exact) mass is 200 g/mol. The van der Waals surface area contributed by atoms with Crippen LogP contribution in [-0.4, -0.2) is 31.8 Å². The molecule has 0 aromatic carbocycles. The van der Waals surface area contributed by atoms with Gasteiger partial charge in [0.1, 0.15) is 0 Å². The largest absolute Gasteiger partial charge is 0.381 e. The molecule has 1 unspecified atom stereocenters. The smallest absolute Gasteiger partial charge is 0.0484 e. The Bertz CT molecular complexity index is 155. The Morgan fingerprint density at radius 3 is 2.64 bits per heavy atom. The quantitative estimate of drug-likeness (QED) is 0.699. The molecular formula is C11H24N2O. The normalized spacial score (nSPS) is 23.4. The maximum Gasteiger partial charge on any atom is 0.0484 e. The highest BCUT2D eigenvalue weighted by Crippen LogP contribution is 2.16. The van der Waals surface area contributed by atoms with Gasteiger partial charge in [-0.05, 0) is 25.3 Å². The fourth-order valence-corrected chi connectivity index (χ4v) is 1.67. The standard InChI is InChI=1S/C11H24N2O/c1-3-10(2)8-13-9-11(12)4-6-14-7-5-11/h10,13H,3-9,12H2,1-2H3. The second-order valence-electron chi connectivity index (χ2n) is 4.62. The molecule has 0 spiro atoms. The van der Waals surface area contributed by atoms with E-state index in [9.17, 15) is 0 Å². The van der Waals surface area contributed by atoms with Gasteiger partial charge < -0.3 is 15.8 Å². The summed E-state index contributed by atoms with van der Waals surface area (Å²) in [5, 5.41) is 3.47. The van der Waals surface area contributed by atoms with Crippen LogP contribution in [0.4, 0.5) is 0 Å². The maximum atomic E-state index is 6.24. The molecule has 0 aromatic heterocycles. The second kappa shape index (κ2) is 5.69. The predicted molar refractivity (Wildman–Crippen MR) is 59.3 cm³/mol. The molecule has 3 heteroatoms. The van der Waals surface area contributed by atoms with Crippen molar-refractivity contribution in [2.24, 2.45) is 11.7 Å². The van der Waals surface area contributed by atoms with Crippen LogP contribution >= 0.6 is 0 Å². The molecular weight excluding hydrogens is 176 g/mol. The summed E-state index contributed by atoms with van der Waals surface area (Å²) in [6, 6.07) is 0. The summed E-state index contributed by atoms with van der Waals surface area (Å²) < 4.78 is 5.31. The van der Waals surface area contributed by atoms with Gasteiger partial charge in [-0.2, -0.15) is 0 Å². The van der Waals surface area contributed by atoms with Gasteiger partial charge in [-0.25, -0.2) is 0 Å². The molecule has 0 bridgehead atoms. The fourth-order valence-electron chi connectivity index (χ4n) is 1.67. The first-order chi connectivity index (χ1) is 6.66. The van der Waals surface area contributed by atoms with Gasteiger partial charge in [-0.15, -0.1) is 0 Å². The van der Waals surface area contributed by atoms with E-state index in [2.05, 4.69) is 19.2 Å². The summed E-state index contributed by atoms with van der Waals surface area (Å²) in [5.74, 6) is 0.749. The number of rotatable bonds is 5. The zero-order chi connectivity index (χ0) is 10.4. The van der Waals surface area contributed by atoms with Gasteiger partial charge in [0.2, 0.25) is 0 Å². The zero-order valence-electron chi connectivity index (χ0n) is 9.51. The van der Waals surface area contributed by atoms with Gasteiger partial charge in [-0.3, -0.25) is 0 Å². The second-order valence-corrected chi connectivity index (χ2v) is 4.62. The molecule has 0 radical (unpaired) electrons. The molecule has 1 atom stereocenters. The summed E-state index contributed by atoms with van der Waals surface area (Å²) in [7, 11) is 0. The van der Waals surface area contributed by atoms with E-state index in [1.165, 1.54) is 6.42 Å².